The lowest BCUT2D eigenvalue weighted by atomic mass is 9.95. The average Bonchev–Trinajstić information content (AvgIpc) is 3.22. The first-order valence-electron chi connectivity index (χ1n) is 10.0. The lowest BCUT2D eigenvalue weighted by molar-refractivity contribution is -0.142. The standard InChI is InChI=1S/C22H26N4O5/c1-3-4-9-29-20(27)11-15-10-18-19(31-13-30-18)12-17(15)21(25-26-22(28)24-2)14-5-7-16(23)8-6-14/h5-8,10,12H,3-4,9,11,13,23H2,1-2H3,(H2,24,26,28)/b25-21-. The highest BCUT2D eigenvalue weighted by Gasteiger charge is 2.23. The number of esters is 1. The van der Waals surface area contributed by atoms with Crippen LogP contribution in [-0.2, 0) is 16.0 Å². The van der Waals surface area contributed by atoms with Crippen molar-refractivity contribution in [3.05, 3.63) is 53.1 Å². The Kier molecular flexibility index (Phi) is 7.31. The molecule has 2 amide bonds. The molecule has 9 nitrogen and oxygen atoms in total. The highest BCUT2D eigenvalue weighted by Crippen LogP contribution is 2.36. The van der Waals surface area contributed by atoms with E-state index in [1.807, 2.05) is 6.92 Å². The van der Waals surface area contributed by atoms with Crippen LogP contribution in [0, 0.1) is 0 Å². The van der Waals surface area contributed by atoms with Gasteiger partial charge in [0.15, 0.2) is 11.5 Å². The summed E-state index contributed by atoms with van der Waals surface area (Å²) in [5, 5.41) is 6.75. The van der Waals surface area contributed by atoms with Crippen LogP contribution in [-0.4, -0.2) is 38.2 Å². The fraction of sp³-hybridized carbons (Fsp3) is 0.318. The zero-order valence-corrected chi connectivity index (χ0v) is 17.6. The van der Waals surface area contributed by atoms with Crippen molar-refractivity contribution >= 4 is 23.4 Å². The Morgan fingerprint density at radius 2 is 1.87 bits per heavy atom. The molecule has 0 aliphatic carbocycles. The second-order valence-corrected chi connectivity index (χ2v) is 6.89. The summed E-state index contributed by atoms with van der Waals surface area (Å²) in [6.07, 6.45) is 1.75. The number of hydrogen-bond donors (Lipinski definition) is 3. The number of ether oxygens (including phenoxy) is 3. The summed E-state index contributed by atoms with van der Waals surface area (Å²) < 4.78 is 16.3. The van der Waals surface area contributed by atoms with Crippen molar-refractivity contribution in [2.75, 3.05) is 26.2 Å². The van der Waals surface area contributed by atoms with Crippen LogP contribution in [0.4, 0.5) is 10.5 Å². The lowest BCUT2D eigenvalue weighted by Crippen LogP contribution is -2.30. The molecule has 0 unspecified atom stereocenters. The summed E-state index contributed by atoms with van der Waals surface area (Å²) in [7, 11) is 1.49. The Morgan fingerprint density at radius 1 is 1.16 bits per heavy atom. The number of urea groups is 1. The second-order valence-electron chi connectivity index (χ2n) is 6.89. The number of unbranched alkanes of at least 4 members (excludes halogenated alkanes) is 1. The zero-order chi connectivity index (χ0) is 22.2. The molecule has 0 saturated heterocycles. The minimum Gasteiger partial charge on any atom is -0.465 e. The number of carbonyl (C=O) groups excluding carboxylic acids is 2. The van der Waals surface area contributed by atoms with E-state index in [9.17, 15) is 9.59 Å². The van der Waals surface area contributed by atoms with Crippen LogP contribution in [0.1, 0.15) is 36.5 Å². The number of carbonyl (C=O) groups is 2. The minimum atomic E-state index is -0.478. The second kappa shape index (κ2) is 10.3. The van der Waals surface area contributed by atoms with Crippen molar-refractivity contribution in [1.29, 1.82) is 0 Å². The first-order valence-corrected chi connectivity index (χ1v) is 10.0. The topological polar surface area (TPSA) is 124 Å². The third kappa shape index (κ3) is 5.65. The van der Waals surface area contributed by atoms with Gasteiger partial charge in [-0.05, 0) is 36.2 Å². The van der Waals surface area contributed by atoms with Gasteiger partial charge in [0.05, 0.1) is 18.7 Å². The fourth-order valence-electron chi connectivity index (χ4n) is 2.97. The van der Waals surface area contributed by atoms with Gasteiger partial charge in [0.1, 0.15) is 0 Å². The Labute approximate surface area is 180 Å². The van der Waals surface area contributed by atoms with E-state index in [4.69, 9.17) is 19.9 Å². The van der Waals surface area contributed by atoms with Crippen LogP contribution in [0.2, 0.25) is 0 Å². The molecule has 164 valence electrons. The quantitative estimate of drug-likeness (QED) is 0.196. The molecule has 0 aromatic heterocycles. The van der Waals surface area contributed by atoms with Gasteiger partial charge in [-0.15, -0.1) is 0 Å². The van der Waals surface area contributed by atoms with Gasteiger partial charge in [-0.1, -0.05) is 25.5 Å². The van der Waals surface area contributed by atoms with E-state index in [0.29, 0.717) is 46.2 Å². The van der Waals surface area contributed by atoms with E-state index in [1.165, 1.54) is 7.05 Å². The lowest BCUT2D eigenvalue weighted by Gasteiger charge is -2.14. The maximum Gasteiger partial charge on any atom is 0.334 e. The van der Waals surface area contributed by atoms with Gasteiger partial charge in [0.25, 0.3) is 0 Å². The summed E-state index contributed by atoms with van der Waals surface area (Å²) >= 11 is 0. The molecule has 1 aliphatic rings. The Bertz CT molecular complexity index is 973. The molecule has 3 rings (SSSR count). The van der Waals surface area contributed by atoms with Crippen molar-refractivity contribution < 1.29 is 23.8 Å². The SMILES string of the molecule is CCCCOC(=O)Cc1cc2c(cc1/C(=N\NC(=O)NC)c1ccc(N)cc1)OCO2. The van der Waals surface area contributed by atoms with Gasteiger partial charge in [0, 0.05) is 23.9 Å². The van der Waals surface area contributed by atoms with Gasteiger partial charge >= 0.3 is 12.0 Å². The van der Waals surface area contributed by atoms with Crippen molar-refractivity contribution in [3.8, 4) is 11.5 Å². The molecule has 0 fully saturated rings. The number of benzene rings is 2. The number of fused-ring (bicyclic) bond motifs is 1. The molecule has 31 heavy (non-hydrogen) atoms. The number of amides is 2. The van der Waals surface area contributed by atoms with E-state index < -0.39 is 6.03 Å². The zero-order valence-electron chi connectivity index (χ0n) is 17.6. The number of anilines is 1. The highest BCUT2D eigenvalue weighted by atomic mass is 16.7. The number of nitrogen functional groups attached to an aromatic ring is 1. The van der Waals surface area contributed by atoms with Crippen molar-refractivity contribution in [2.24, 2.45) is 5.10 Å². The molecule has 0 spiro atoms. The first kappa shape index (κ1) is 21.9. The summed E-state index contributed by atoms with van der Waals surface area (Å²) in [5.41, 5.74) is 11.3. The largest absolute Gasteiger partial charge is 0.465 e. The van der Waals surface area contributed by atoms with Crippen molar-refractivity contribution in [3.63, 3.8) is 0 Å². The third-order valence-corrected chi connectivity index (χ3v) is 4.63. The predicted molar refractivity (Wildman–Crippen MR) is 116 cm³/mol. The molecule has 0 bridgehead atoms. The van der Waals surface area contributed by atoms with Gasteiger partial charge in [-0.3, -0.25) is 4.79 Å². The molecular formula is C22H26N4O5. The fourth-order valence-corrected chi connectivity index (χ4v) is 2.97. The summed E-state index contributed by atoms with van der Waals surface area (Å²) in [6, 6.07) is 10.0. The van der Waals surface area contributed by atoms with E-state index in [1.54, 1.807) is 36.4 Å². The summed E-state index contributed by atoms with van der Waals surface area (Å²) in [6.45, 7) is 2.48. The molecule has 0 radical (unpaired) electrons. The molecule has 2 aromatic carbocycles. The smallest absolute Gasteiger partial charge is 0.334 e. The monoisotopic (exact) mass is 426 g/mol. The van der Waals surface area contributed by atoms with Crippen LogP contribution >= 0.6 is 0 Å². The van der Waals surface area contributed by atoms with Crippen LogP contribution < -0.4 is 25.9 Å². The third-order valence-electron chi connectivity index (χ3n) is 4.63. The van der Waals surface area contributed by atoms with E-state index in [2.05, 4.69) is 15.8 Å². The molecule has 0 atom stereocenters. The highest BCUT2D eigenvalue weighted by molar-refractivity contribution is 6.14. The van der Waals surface area contributed by atoms with Gasteiger partial charge in [-0.2, -0.15) is 5.10 Å². The molecule has 2 aromatic rings. The number of nitrogens with one attached hydrogen (secondary N) is 2. The first-order chi connectivity index (χ1) is 15.0. The van der Waals surface area contributed by atoms with E-state index in [-0.39, 0.29) is 19.2 Å². The molecular weight excluding hydrogens is 400 g/mol. The van der Waals surface area contributed by atoms with Crippen LogP contribution in [0.3, 0.4) is 0 Å². The molecule has 9 heteroatoms. The van der Waals surface area contributed by atoms with E-state index in [0.717, 1.165) is 12.8 Å². The molecule has 1 aliphatic heterocycles. The molecule has 1 heterocycles. The van der Waals surface area contributed by atoms with Gasteiger partial charge in [0.2, 0.25) is 6.79 Å². The summed E-state index contributed by atoms with van der Waals surface area (Å²) in [4.78, 5) is 24.2. The van der Waals surface area contributed by atoms with Gasteiger partial charge in [-0.25, -0.2) is 10.2 Å². The predicted octanol–water partition coefficient (Wildman–Crippen LogP) is 2.56. The van der Waals surface area contributed by atoms with Crippen LogP contribution in [0.15, 0.2) is 41.5 Å². The Hall–Kier alpha value is -3.75. The van der Waals surface area contributed by atoms with Gasteiger partial charge < -0.3 is 25.3 Å². The normalized spacial score (nSPS) is 12.4. The maximum atomic E-state index is 12.4. The number of hydrogen-bond acceptors (Lipinski definition) is 7. The maximum absolute atomic E-state index is 12.4. The number of nitrogens with two attached hydrogens (primary N) is 1. The summed E-state index contributed by atoms with van der Waals surface area (Å²) in [5.74, 6) is 0.710. The number of nitrogens with zero attached hydrogens (tertiary/aromatic N) is 1. The van der Waals surface area contributed by atoms with Crippen molar-refractivity contribution in [2.45, 2.75) is 26.2 Å². The van der Waals surface area contributed by atoms with Crippen LogP contribution in [0.5, 0.6) is 11.5 Å². The Morgan fingerprint density at radius 3 is 2.55 bits per heavy atom. The average molecular weight is 426 g/mol. The number of hydrazone groups is 1. The Balaban J connectivity index is 2.02. The van der Waals surface area contributed by atoms with Crippen molar-refractivity contribution in [1.82, 2.24) is 10.7 Å². The van der Waals surface area contributed by atoms with E-state index >= 15 is 0 Å². The van der Waals surface area contributed by atoms with Crippen LogP contribution in [0.25, 0.3) is 0 Å². The molecule has 0 saturated carbocycles. The molecule has 4 N–H and O–H groups in total. The number of rotatable bonds is 8. The minimum absolute atomic E-state index is 0.0175.